The van der Waals surface area contributed by atoms with Crippen molar-refractivity contribution in [3.63, 3.8) is 0 Å². The van der Waals surface area contributed by atoms with Crippen molar-refractivity contribution in [2.75, 3.05) is 6.54 Å². The Morgan fingerprint density at radius 2 is 1.81 bits per heavy atom. The van der Waals surface area contributed by atoms with Gasteiger partial charge in [0.1, 0.15) is 22.5 Å². The Bertz CT molecular complexity index is 1920. The fourth-order valence-electron chi connectivity index (χ4n) is 5.30. The summed E-state index contributed by atoms with van der Waals surface area (Å²) < 4.78 is 7.55. The molecule has 11 nitrogen and oxygen atoms in total. The van der Waals surface area contributed by atoms with Gasteiger partial charge >= 0.3 is 6.09 Å². The molecule has 12 heteroatoms. The second-order valence-electron chi connectivity index (χ2n) is 13.4. The van der Waals surface area contributed by atoms with Crippen LogP contribution in [0.25, 0.3) is 33.5 Å². The Labute approximate surface area is 282 Å². The highest BCUT2D eigenvalue weighted by atomic mass is 32.1. The lowest BCUT2D eigenvalue weighted by molar-refractivity contribution is 0.0194. The highest BCUT2D eigenvalue weighted by molar-refractivity contribution is 7.13. The summed E-state index contributed by atoms with van der Waals surface area (Å²) in [5.41, 5.74) is 6.57. The Hall–Kier alpha value is -4.58. The van der Waals surface area contributed by atoms with Gasteiger partial charge in [-0.3, -0.25) is 9.48 Å². The third-order valence-electron chi connectivity index (χ3n) is 7.67. The van der Waals surface area contributed by atoms with Crippen LogP contribution in [0.3, 0.4) is 0 Å². The molecule has 0 spiro atoms. The molecule has 47 heavy (non-hydrogen) atoms. The topological polar surface area (TPSA) is 131 Å². The first-order valence-corrected chi connectivity index (χ1v) is 16.8. The summed E-state index contributed by atoms with van der Waals surface area (Å²) in [6, 6.07) is 8.17. The fourth-order valence-corrected chi connectivity index (χ4v) is 6.19. The van der Waals surface area contributed by atoms with Crippen LogP contribution in [0.2, 0.25) is 0 Å². The molecule has 0 aliphatic carbocycles. The van der Waals surface area contributed by atoms with Gasteiger partial charge in [-0.2, -0.15) is 5.10 Å². The van der Waals surface area contributed by atoms with Crippen molar-refractivity contribution in [2.45, 2.75) is 93.0 Å². The van der Waals surface area contributed by atoms with E-state index in [2.05, 4.69) is 57.2 Å². The quantitative estimate of drug-likeness (QED) is 0.197. The molecule has 4 aromatic heterocycles. The summed E-state index contributed by atoms with van der Waals surface area (Å²) in [7, 11) is 0. The Morgan fingerprint density at radius 3 is 2.49 bits per heavy atom. The third-order valence-corrected chi connectivity index (χ3v) is 9.09. The van der Waals surface area contributed by atoms with Crippen molar-refractivity contribution in [1.82, 2.24) is 39.9 Å². The van der Waals surface area contributed by atoms with Crippen LogP contribution in [0, 0.1) is 6.92 Å². The molecule has 0 atom stereocenters. The van der Waals surface area contributed by atoms with Gasteiger partial charge in [-0.25, -0.2) is 19.7 Å². The predicted molar refractivity (Wildman–Crippen MR) is 189 cm³/mol. The van der Waals surface area contributed by atoms with E-state index >= 15 is 0 Å². The normalized spacial score (nSPS) is 13.2. The van der Waals surface area contributed by atoms with Gasteiger partial charge in [0.05, 0.1) is 47.6 Å². The minimum atomic E-state index is -0.563. The maximum absolute atomic E-state index is 12.8. The largest absolute Gasteiger partial charge is 0.444 e. The number of thiazole rings is 1. The lowest BCUT2D eigenvalue weighted by Crippen LogP contribution is -2.41. The van der Waals surface area contributed by atoms with Gasteiger partial charge in [-0.15, -0.1) is 11.3 Å². The second-order valence-corrected chi connectivity index (χ2v) is 14.4. The van der Waals surface area contributed by atoms with Gasteiger partial charge in [-0.1, -0.05) is 46.8 Å². The van der Waals surface area contributed by atoms with Crippen molar-refractivity contribution in [3.8, 4) is 22.5 Å². The molecular formula is C35H48N8O3S. The van der Waals surface area contributed by atoms with Crippen molar-refractivity contribution in [3.05, 3.63) is 69.7 Å². The highest BCUT2D eigenvalue weighted by Gasteiger charge is 2.29. The molecular weight excluding hydrogens is 613 g/mol. The van der Waals surface area contributed by atoms with Crippen LogP contribution in [-0.2, 0) is 29.8 Å². The molecule has 0 fully saturated rings. The first-order chi connectivity index (χ1) is 22.3. The molecule has 0 saturated heterocycles. The first kappa shape index (κ1) is 33.8. The number of aromatic amines is 1. The van der Waals surface area contributed by atoms with Crippen LogP contribution in [0.4, 0.5) is 4.79 Å². The zero-order valence-corrected chi connectivity index (χ0v) is 29.5. The van der Waals surface area contributed by atoms with Crippen LogP contribution in [0.5, 0.6) is 0 Å². The average molecular weight is 661 g/mol. The molecule has 5 heterocycles. The van der Waals surface area contributed by atoms with Crippen LogP contribution < -0.4 is 5.32 Å². The van der Waals surface area contributed by atoms with E-state index in [1.807, 2.05) is 70.6 Å². The number of benzene rings is 1. The van der Waals surface area contributed by atoms with Crippen molar-refractivity contribution in [1.29, 1.82) is 0 Å². The van der Waals surface area contributed by atoms with Crippen molar-refractivity contribution >= 4 is 34.4 Å². The zero-order valence-electron chi connectivity index (χ0n) is 28.7. The van der Waals surface area contributed by atoms with Crippen LogP contribution in [0.1, 0.15) is 89.7 Å². The van der Waals surface area contributed by atoms with Gasteiger partial charge in [0.2, 0.25) is 0 Å². The zero-order chi connectivity index (χ0) is 34.1. The number of aromatic nitrogens is 6. The molecule has 0 saturated carbocycles. The van der Waals surface area contributed by atoms with Crippen LogP contribution in [-0.4, -0.2) is 58.8 Å². The van der Waals surface area contributed by atoms with Crippen molar-refractivity contribution in [2.24, 2.45) is 0 Å². The van der Waals surface area contributed by atoms with Crippen LogP contribution >= 0.6 is 11.3 Å². The smallest absolute Gasteiger partial charge is 0.410 e. The molecule has 1 aromatic carbocycles. The van der Waals surface area contributed by atoms with Gasteiger partial charge in [0.25, 0.3) is 5.91 Å². The summed E-state index contributed by atoms with van der Waals surface area (Å²) in [6.07, 6.45) is 4.70. The monoisotopic (exact) mass is 660 g/mol. The number of amides is 2. The van der Waals surface area contributed by atoms with E-state index in [0.29, 0.717) is 36.7 Å². The molecule has 2 N–H and O–H groups in total. The number of fused-ring (bicyclic) bond motifs is 2. The van der Waals surface area contributed by atoms with Crippen LogP contribution in [0.15, 0.2) is 43.0 Å². The SMILES string of the molecule is CC.Cc1cc(-c2ncnc3[nH]c(-c4cnn5c4CN(C(=O)OC(C)(C)C)CC5)cc23)ccc1CNC(=O)c1cnc(C(C)(C)C)s1.[HH].[HH]. The maximum atomic E-state index is 12.8. The summed E-state index contributed by atoms with van der Waals surface area (Å²) in [4.78, 5) is 44.9. The number of nitrogens with zero attached hydrogens (tertiary/aromatic N) is 6. The number of rotatable bonds is 5. The Morgan fingerprint density at radius 1 is 1.04 bits per heavy atom. The number of nitrogens with one attached hydrogen (secondary N) is 2. The van der Waals surface area contributed by atoms with E-state index < -0.39 is 5.60 Å². The van der Waals surface area contributed by atoms with Gasteiger partial charge < -0.3 is 19.9 Å². The molecule has 1 aliphatic heterocycles. The minimum absolute atomic E-state index is 0. The average Bonchev–Trinajstić information content (AvgIpc) is 3.78. The Balaban J connectivity index is 0.00000160. The lowest BCUT2D eigenvalue weighted by Gasteiger charge is -2.30. The molecule has 0 radical (unpaired) electrons. The standard InChI is InChI=1S/C33H38N8O3S.C2H6.2H2/c1-19-12-20(8-9-21(19)14-34-29(42)26-16-35-30(45-26)32(2,3)4)27-22-13-24(39-28(22)37-18-36-27)23-15-38-41-11-10-40(17-25(23)41)31(43)44-33(5,6)7;1-2;;/h8-9,12-13,15-16,18H,10-11,14,17H2,1-7H3,(H,34,42)(H,36,37,39);1-2H3;2*1H. The van der Waals surface area contributed by atoms with Crippen molar-refractivity contribution < 1.29 is 17.2 Å². The molecule has 5 aromatic rings. The predicted octanol–water partition coefficient (Wildman–Crippen LogP) is 7.75. The minimum Gasteiger partial charge on any atom is -0.444 e. The molecule has 6 rings (SSSR count). The third kappa shape index (κ3) is 7.38. The molecule has 0 bridgehead atoms. The summed E-state index contributed by atoms with van der Waals surface area (Å²) in [5.74, 6) is -0.125. The number of carbonyl (C=O) groups excluding carboxylic acids is 2. The van der Waals surface area contributed by atoms with Gasteiger partial charge in [0, 0.05) is 37.9 Å². The maximum Gasteiger partial charge on any atom is 0.410 e. The second kappa shape index (κ2) is 13.3. The van der Waals surface area contributed by atoms with E-state index in [9.17, 15) is 9.59 Å². The first-order valence-electron chi connectivity index (χ1n) is 16.0. The number of carbonyl (C=O) groups is 2. The van der Waals surface area contributed by atoms with E-state index in [4.69, 9.17) is 4.74 Å². The summed E-state index contributed by atoms with van der Waals surface area (Å²) in [6.45, 7) is 19.8. The van der Waals surface area contributed by atoms with E-state index in [0.717, 1.165) is 49.7 Å². The van der Waals surface area contributed by atoms with E-state index in [-0.39, 0.29) is 20.3 Å². The summed E-state index contributed by atoms with van der Waals surface area (Å²) in [5, 5.41) is 9.44. The van der Waals surface area contributed by atoms with E-state index in [1.54, 1.807) is 17.4 Å². The van der Waals surface area contributed by atoms with E-state index in [1.165, 1.54) is 11.3 Å². The van der Waals surface area contributed by atoms with Gasteiger partial charge in [-0.05, 0) is 51.0 Å². The molecule has 1 aliphatic rings. The molecule has 2 amide bonds. The summed E-state index contributed by atoms with van der Waals surface area (Å²) >= 11 is 1.43. The number of ether oxygens (including phenoxy) is 1. The Kier molecular flexibility index (Phi) is 9.53. The highest BCUT2D eigenvalue weighted by Crippen LogP contribution is 2.33. The number of hydrogen-bond donors (Lipinski definition) is 2. The number of H-pyrrole nitrogens is 1. The molecule has 252 valence electrons. The lowest BCUT2D eigenvalue weighted by atomic mass is 9.98. The van der Waals surface area contributed by atoms with Gasteiger partial charge in [0.15, 0.2) is 0 Å². The fraction of sp³-hybridized carbons (Fsp3) is 0.429. The number of hydrogen-bond acceptors (Lipinski definition) is 8. The number of aryl methyl sites for hydroxylation is 1. The molecule has 0 unspecified atom stereocenters.